The molecule has 0 aliphatic carbocycles. The molecule has 2 heterocycles. The van der Waals surface area contributed by atoms with Crippen LogP contribution in [0, 0.1) is 18.3 Å². The molecule has 6 heteroatoms. The molecular formula is C22H20N6. The van der Waals surface area contributed by atoms with Gasteiger partial charge in [-0.2, -0.15) is 10.2 Å². The summed E-state index contributed by atoms with van der Waals surface area (Å²) in [5, 5.41) is 16.7. The van der Waals surface area contributed by atoms with Gasteiger partial charge in [0.05, 0.1) is 11.6 Å². The van der Waals surface area contributed by atoms with Crippen LogP contribution < -0.4 is 10.6 Å². The van der Waals surface area contributed by atoms with E-state index in [1.807, 2.05) is 31.2 Å². The fourth-order valence-corrected chi connectivity index (χ4v) is 3.14. The number of hydrogen-bond acceptors (Lipinski definition) is 5. The van der Waals surface area contributed by atoms with Gasteiger partial charge in [-0.1, -0.05) is 18.2 Å². The van der Waals surface area contributed by atoms with Crippen LogP contribution in [0.3, 0.4) is 0 Å². The summed E-state index contributed by atoms with van der Waals surface area (Å²) >= 11 is 0. The van der Waals surface area contributed by atoms with Crippen LogP contribution in [0.4, 0.5) is 17.5 Å². The Kier molecular flexibility index (Phi) is 4.89. The van der Waals surface area contributed by atoms with E-state index in [-0.39, 0.29) is 0 Å². The summed E-state index contributed by atoms with van der Waals surface area (Å²) in [4.78, 5) is 12.3. The molecule has 0 spiro atoms. The molecule has 6 nitrogen and oxygen atoms in total. The zero-order valence-corrected chi connectivity index (χ0v) is 15.5. The molecule has 4 rings (SSSR count). The third kappa shape index (κ3) is 3.94. The van der Waals surface area contributed by atoms with Crippen LogP contribution in [0.5, 0.6) is 0 Å². The van der Waals surface area contributed by atoms with E-state index in [4.69, 9.17) is 5.26 Å². The minimum atomic E-state index is 0.527. The number of anilines is 3. The Hall–Kier alpha value is -3.85. The molecule has 0 amide bonds. The summed E-state index contributed by atoms with van der Waals surface area (Å²) in [5.74, 6) is 1.31. The molecule has 0 saturated carbocycles. The second-order valence-electron chi connectivity index (χ2n) is 6.57. The van der Waals surface area contributed by atoms with Crippen molar-refractivity contribution in [3.05, 3.63) is 77.6 Å². The number of nitrogens with zero attached hydrogens (tertiary/aromatic N) is 3. The lowest BCUT2D eigenvalue weighted by Crippen LogP contribution is -2.08. The highest BCUT2D eigenvalue weighted by atomic mass is 15.1. The monoisotopic (exact) mass is 368 g/mol. The zero-order valence-electron chi connectivity index (χ0n) is 15.5. The number of hydrogen-bond donors (Lipinski definition) is 3. The Morgan fingerprint density at radius 2 is 1.89 bits per heavy atom. The molecule has 28 heavy (non-hydrogen) atoms. The van der Waals surface area contributed by atoms with Crippen LogP contribution in [0.15, 0.2) is 60.8 Å². The third-order valence-corrected chi connectivity index (χ3v) is 4.50. The molecule has 0 aliphatic rings. The molecule has 0 bridgehead atoms. The Morgan fingerprint density at radius 3 is 2.71 bits per heavy atom. The predicted octanol–water partition coefficient (Wildman–Crippen LogP) is 4.54. The maximum Gasteiger partial charge on any atom is 0.229 e. The molecule has 138 valence electrons. The Balaban J connectivity index is 1.42. The third-order valence-electron chi connectivity index (χ3n) is 4.50. The summed E-state index contributed by atoms with van der Waals surface area (Å²) in [6, 6.07) is 19.6. The van der Waals surface area contributed by atoms with E-state index >= 15 is 0 Å². The number of H-pyrrole nitrogens is 1. The number of nitriles is 1. The second kappa shape index (κ2) is 7.80. The van der Waals surface area contributed by atoms with Gasteiger partial charge in [0.25, 0.3) is 0 Å². The van der Waals surface area contributed by atoms with E-state index in [0.29, 0.717) is 11.5 Å². The van der Waals surface area contributed by atoms with E-state index in [9.17, 15) is 0 Å². The van der Waals surface area contributed by atoms with Crippen molar-refractivity contribution in [3.63, 3.8) is 0 Å². The van der Waals surface area contributed by atoms with Crippen LogP contribution in [0.2, 0.25) is 0 Å². The molecule has 0 radical (unpaired) electrons. The van der Waals surface area contributed by atoms with Gasteiger partial charge in [0, 0.05) is 41.1 Å². The number of aryl methyl sites for hydroxylation is 1. The van der Waals surface area contributed by atoms with Gasteiger partial charge in [-0.3, -0.25) is 0 Å². The average Bonchev–Trinajstić information content (AvgIpc) is 3.11. The smallest absolute Gasteiger partial charge is 0.229 e. The predicted molar refractivity (Wildman–Crippen MR) is 112 cm³/mol. The van der Waals surface area contributed by atoms with Crippen molar-refractivity contribution >= 4 is 28.4 Å². The average molecular weight is 368 g/mol. The van der Waals surface area contributed by atoms with Crippen LogP contribution in [0.1, 0.15) is 16.8 Å². The van der Waals surface area contributed by atoms with Crippen LogP contribution in [0.25, 0.3) is 10.9 Å². The maximum absolute atomic E-state index is 8.90. The first-order valence-corrected chi connectivity index (χ1v) is 9.13. The highest BCUT2D eigenvalue weighted by Gasteiger charge is 2.05. The molecule has 0 saturated heterocycles. The van der Waals surface area contributed by atoms with Gasteiger partial charge >= 0.3 is 0 Å². The topological polar surface area (TPSA) is 89.4 Å². The first-order chi connectivity index (χ1) is 13.7. The largest absolute Gasteiger partial charge is 0.370 e. The Morgan fingerprint density at radius 1 is 1.07 bits per heavy atom. The van der Waals surface area contributed by atoms with Crippen molar-refractivity contribution in [2.75, 3.05) is 17.2 Å². The van der Waals surface area contributed by atoms with Gasteiger partial charge in [0.15, 0.2) is 0 Å². The van der Waals surface area contributed by atoms with Gasteiger partial charge in [-0.15, -0.1) is 0 Å². The molecule has 0 fully saturated rings. The molecule has 3 N–H and O–H groups in total. The number of benzene rings is 2. The van der Waals surface area contributed by atoms with E-state index in [2.05, 4.69) is 56.1 Å². The van der Waals surface area contributed by atoms with E-state index in [1.54, 1.807) is 12.1 Å². The van der Waals surface area contributed by atoms with Gasteiger partial charge in [0.1, 0.15) is 5.82 Å². The Bertz CT molecular complexity index is 1140. The highest BCUT2D eigenvalue weighted by Crippen LogP contribution is 2.19. The molecular weight excluding hydrogens is 348 g/mol. The van der Waals surface area contributed by atoms with Gasteiger partial charge < -0.3 is 15.6 Å². The van der Waals surface area contributed by atoms with Crippen molar-refractivity contribution in [2.24, 2.45) is 0 Å². The SMILES string of the molecule is Cc1cc(NCCc2c[nH]c3ccccc23)nc(Nc2ccc(C#N)cc2)n1. The van der Waals surface area contributed by atoms with Crippen molar-refractivity contribution in [1.82, 2.24) is 15.0 Å². The lowest BCUT2D eigenvalue weighted by molar-refractivity contribution is 1.00. The Labute approximate surface area is 163 Å². The van der Waals surface area contributed by atoms with Gasteiger partial charge in [-0.25, -0.2) is 4.98 Å². The molecule has 0 aliphatic heterocycles. The number of fused-ring (bicyclic) bond motifs is 1. The van der Waals surface area contributed by atoms with Crippen LogP contribution in [-0.4, -0.2) is 21.5 Å². The minimum absolute atomic E-state index is 0.527. The highest BCUT2D eigenvalue weighted by molar-refractivity contribution is 5.83. The molecule has 4 aromatic rings. The van der Waals surface area contributed by atoms with Gasteiger partial charge in [-0.05, 0) is 49.2 Å². The summed E-state index contributed by atoms with van der Waals surface area (Å²) < 4.78 is 0. The normalized spacial score (nSPS) is 10.6. The lowest BCUT2D eigenvalue weighted by Gasteiger charge is -2.10. The number of aromatic nitrogens is 3. The lowest BCUT2D eigenvalue weighted by atomic mass is 10.1. The first-order valence-electron chi connectivity index (χ1n) is 9.13. The van der Waals surface area contributed by atoms with E-state index < -0.39 is 0 Å². The summed E-state index contributed by atoms with van der Waals surface area (Å²) in [6.07, 6.45) is 2.96. The fourth-order valence-electron chi connectivity index (χ4n) is 3.14. The van der Waals surface area contributed by atoms with E-state index in [1.165, 1.54) is 10.9 Å². The molecule has 2 aromatic carbocycles. The van der Waals surface area contributed by atoms with Crippen LogP contribution in [-0.2, 0) is 6.42 Å². The first kappa shape index (κ1) is 17.6. The zero-order chi connectivity index (χ0) is 19.3. The van der Waals surface area contributed by atoms with Crippen molar-refractivity contribution in [1.29, 1.82) is 5.26 Å². The standard InChI is InChI=1S/C22H20N6/c1-15-12-21(24-11-10-17-14-25-20-5-3-2-4-19(17)20)28-22(26-15)27-18-8-6-16(13-23)7-9-18/h2-9,12,14,25H,10-11H2,1H3,(H2,24,26,27,28). The van der Waals surface area contributed by atoms with Crippen molar-refractivity contribution < 1.29 is 0 Å². The molecule has 0 atom stereocenters. The fraction of sp³-hybridized carbons (Fsp3) is 0.136. The summed E-state index contributed by atoms with van der Waals surface area (Å²) in [5.41, 5.74) is 4.78. The number of nitrogens with one attached hydrogen (secondary N) is 3. The second-order valence-corrected chi connectivity index (χ2v) is 6.57. The maximum atomic E-state index is 8.90. The number of para-hydroxylation sites is 1. The van der Waals surface area contributed by atoms with Crippen LogP contribution >= 0.6 is 0 Å². The van der Waals surface area contributed by atoms with E-state index in [0.717, 1.165) is 35.7 Å². The van der Waals surface area contributed by atoms with Gasteiger partial charge in [0.2, 0.25) is 5.95 Å². The molecule has 2 aromatic heterocycles. The van der Waals surface area contributed by atoms with Crippen molar-refractivity contribution in [2.45, 2.75) is 13.3 Å². The molecule has 0 unspecified atom stereocenters. The number of aromatic amines is 1. The minimum Gasteiger partial charge on any atom is -0.370 e. The quantitative estimate of drug-likeness (QED) is 0.465. The summed E-state index contributed by atoms with van der Waals surface area (Å²) in [7, 11) is 0. The number of rotatable bonds is 6. The van der Waals surface area contributed by atoms with Crippen molar-refractivity contribution in [3.8, 4) is 6.07 Å². The summed E-state index contributed by atoms with van der Waals surface area (Å²) in [6.45, 7) is 2.71.